The van der Waals surface area contributed by atoms with Gasteiger partial charge in [-0.15, -0.1) is 0 Å². The number of amides is 1. The number of hydrazine groups is 1. The SMILES string of the molecule is Cc1cc(C(=O)NN)c2cc(C)c(C)cc2n1. The molecule has 0 aliphatic carbocycles. The largest absolute Gasteiger partial charge is 0.290 e. The molecule has 3 N–H and O–H groups in total. The van der Waals surface area contributed by atoms with Crippen LogP contribution in [0.5, 0.6) is 0 Å². The monoisotopic (exact) mass is 229 g/mol. The van der Waals surface area contributed by atoms with Gasteiger partial charge in [-0.3, -0.25) is 15.2 Å². The summed E-state index contributed by atoms with van der Waals surface area (Å²) in [7, 11) is 0. The molecular weight excluding hydrogens is 214 g/mol. The topological polar surface area (TPSA) is 68.0 Å². The van der Waals surface area contributed by atoms with Gasteiger partial charge in [0.2, 0.25) is 0 Å². The van der Waals surface area contributed by atoms with Gasteiger partial charge >= 0.3 is 0 Å². The van der Waals surface area contributed by atoms with E-state index in [4.69, 9.17) is 5.84 Å². The van der Waals surface area contributed by atoms with E-state index in [-0.39, 0.29) is 5.91 Å². The van der Waals surface area contributed by atoms with Crippen LogP contribution in [0.1, 0.15) is 27.2 Å². The normalized spacial score (nSPS) is 10.6. The fraction of sp³-hybridized carbons (Fsp3) is 0.231. The number of benzene rings is 1. The molecule has 1 heterocycles. The highest BCUT2D eigenvalue weighted by molar-refractivity contribution is 6.06. The molecule has 0 saturated heterocycles. The standard InChI is InChI=1S/C13H15N3O/c1-7-4-10-11(13(17)16-14)6-9(3)15-12(10)5-8(7)2/h4-6H,14H2,1-3H3,(H,16,17). The Morgan fingerprint density at radius 2 is 1.82 bits per heavy atom. The van der Waals surface area contributed by atoms with Crippen LogP contribution in [0.2, 0.25) is 0 Å². The van der Waals surface area contributed by atoms with Crippen LogP contribution in [-0.4, -0.2) is 10.9 Å². The molecule has 1 aromatic heterocycles. The third kappa shape index (κ3) is 1.99. The predicted octanol–water partition coefficient (Wildman–Crippen LogP) is 1.76. The third-order valence-electron chi connectivity index (χ3n) is 2.93. The van der Waals surface area contributed by atoms with E-state index in [1.54, 1.807) is 6.07 Å². The molecule has 88 valence electrons. The van der Waals surface area contributed by atoms with Gasteiger partial charge in [0.15, 0.2) is 0 Å². The lowest BCUT2D eigenvalue weighted by molar-refractivity contribution is 0.0955. The van der Waals surface area contributed by atoms with Crippen molar-refractivity contribution in [3.8, 4) is 0 Å². The van der Waals surface area contributed by atoms with Gasteiger partial charge in [-0.05, 0) is 50.1 Å². The molecule has 1 aromatic carbocycles. The number of carbonyl (C=O) groups excluding carboxylic acids is 1. The van der Waals surface area contributed by atoms with Gasteiger partial charge in [-0.1, -0.05) is 0 Å². The highest BCUT2D eigenvalue weighted by Crippen LogP contribution is 2.22. The lowest BCUT2D eigenvalue weighted by atomic mass is 10.0. The van der Waals surface area contributed by atoms with Crippen LogP contribution in [0.25, 0.3) is 10.9 Å². The van der Waals surface area contributed by atoms with Gasteiger partial charge in [0.05, 0.1) is 11.1 Å². The minimum atomic E-state index is -0.288. The number of nitrogens with two attached hydrogens (primary N) is 1. The molecule has 1 amide bonds. The molecular formula is C13H15N3O. The summed E-state index contributed by atoms with van der Waals surface area (Å²) in [6.07, 6.45) is 0. The van der Waals surface area contributed by atoms with Crippen molar-refractivity contribution in [1.82, 2.24) is 10.4 Å². The maximum Gasteiger partial charge on any atom is 0.265 e. The van der Waals surface area contributed by atoms with Crippen molar-refractivity contribution < 1.29 is 4.79 Å². The predicted molar refractivity (Wildman–Crippen MR) is 67.6 cm³/mol. The van der Waals surface area contributed by atoms with E-state index in [0.717, 1.165) is 27.7 Å². The van der Waals surface area contributed by atoms with Gasteiger partial charge in [0.1, 0.15) is 0 Å². The number of aryl methyl sites for hydroxylation is 3. The number of nitrogen functional groups attached to an aromatic ring is 1. The van der Waals surface area contributed by atoms with Crippen LogP contribution in [-0.2, 0) is 0 Å². The van der Waals surface area contributed by atoms with Crippen molar-refractivity contribution in [2.24, 2.45) is 5.84 Å². The summed E-state index contributed by atoms with van der Waals surface area (Å²) >= 11 is 0. The van der Waals surface area contributed by atoms with E-state index in [1.807, 2.05) is 32.9 Å². The molecule has 2 aromatic rings. The number of fused-ring (bicyclic) bond motifs is 1. The summed E-state index contributed by atoms with van der Waals surface area (Å²) < 4.78 is 0. The van der Waals surface area contributed by atoms with Gasteiger partial charge in [-0.2, -0.15) is 0 Å². The molecule has 4 heteroatoms. The number of hydrogen-bond acceptors (Lipinski definition) is 3. The minimum absolute atomic E-state index is 0.288. The van der Waals surface area contributed by atoms with Gasteiger partial charge in [-0.25, -0.2) is 5.84 Å². The molecule has 0 aliphatic rings. The fourth-order valence-corrected chi connectivity index (χ4v) is 1.88. The van der Waals surface area contributed by atoms with Crippen LogP contribution in [0, 0.1) is 20.8 Å². The van der Waals surface area contributed by atoms with Crippen molar-refractivity contribution >= 4 is 16.8 Å². The van der Waals surface area contributed by atoms with Crippen molar-refractivity contribution in [1.29, 1.82) is 0 Å². The van der Waals surface area contributed by atoms with Crippen LogP contribution >= 0.6 is 0 Å². The first-order valence-electron chi connectivity index (χ1n) is 5.42. The van der Waals surface area contributed by atoms with E-state index >= 15 is 0 Å². The lowest BCUT2D eigenvalue weighted by Gasteiger charge is -2.09. The van der Waals surface area contributed by atoms with Crippen molar-refractivity contribution in [2.45, 2.75) is 20.8 Å². The minimum Gasteiger partial charge on any atom is -0.290 e. The Hall–Kier alpha value is -1.94. The first-order valence-corrected chi connectivity index (χ1v) is 5.42. The Balaban J connectivity index is 2.83. The second-order valence-electron chi connectivity index (χ2n) is 4.24. The van der Waals surface area contributed by atoms with E-state index in [1.165, 1.54) is 0 Å². The summed E-state index contributed by atoms with van der Waals surface area (Å²) in [6, 6.07) is 5.71. The average molecular weight is 229 g/mol. The number of nitrogens with one attached hydrogen (secondary N) is 1. The van der Waals surface area contributed by atoms with Gasteiger partial charge in [0, 0.05) is 11.1 Å². The summed E-state index contributed by atoms with van der Waals surface area (Å²) in [5.41, 5.74) is 6.66. The van der Waals surface area contributed by atoms with E-state index in [0.29, 0.717) is 5.56 Å². The Kier molecular flexibility index (Phi) is 2.81. The second kappa shape index (κ2) is 4.14. The number of hydrogen-bond donors (Lipinski definition) is 2. The Morgan fingerprint density at radius 1 is 1.18 bits per heavy atom. The molecule has 17 heavy (non-hydrogen) atoms. The maximum atomic E-state index is 11.7. The zero-order valence-electron chi connectivity index (χ0n) is 10.2. The van der Waals surface area contributed by atoms with Gasteiger partial charge in [0.25, 0.3) is 5.91 Å². The number of carbonyl (C=O) groups is 1. The molecule has 0 atom stereocenters. The third-order valence-corrected chi connectivity index (χ3v) is 2.93. The molecule has 0 spiro atoms. The van der Waals surface area contributed by atoms with Crippen LogP contribution in [0.4, 0.5) is 0 Å². The van der Waals surface area contributed by atoms with E-state index in [9.17, 15) is 4.79 Å². The van der Waals surface area contributed by atoms with E-state index < -0.39 is 0 Å². The molecule has 0 radical (unpaired) electrons. The molecule has 0 fully saturated rings. The molecule has 0 bridgehead atoms. The van der Waals surface area contributed by atoms with Crippen LogP contribution < -0.4 is 11.3 Å². The molecule has 4 nitrogen and oxygen atoms in total. The highest BCUT2D eigenvalue weighted by atomic mass is 16.2. The number of nitrogens with zero attached hydrogens (tertiary/aromatic N) is 1. The Bertz CT molecular complexity index is 605. The number of aromatic nitrogens is 1. The molecule has 2 rings (SSSR count). The van der Waals surface area contributed by atoms with E-state index in [2.05, 4.69) is 10.4 Å². The summed E-state index contributed by atoms with van der Waals surface area (Å²) in [6.45, 7) is 5.90. The Morgan fingerprint density at radius 3 is 2.47 bits per heavy atom. The fourth-order valence-electron chi connectivity index (χ4n) is 1.88. The molecule has 0 saturated carbocycles. The number of rotatable bonds is 1. The van der Waals surface area contributed by atoms with Crippen molar-refractivity contribution in [3.05, 3.63) is 40.6 Å². The van der Waals surface area contributed by atoms with Crippen LogP contribution in [0.15, 0.2) is 18.2 Å². The molecule has 0 aliphatic heterocycles. The highest BCUT2D eigenvalue weighted by Gasteiger charge is 2.11. The number of pyridine rings is 1. The summed E-state index contributed by atoms with van der Waals surface area (Å²) in [5, 5.41) is 0.835. The van der Waals surface area contributed by atoms with Crippen LogP contribution in [0.3, 0.4) is 0 Å². The van der Waals surface area contributed by atoms with Crippen molar-refractivity contribution in [3.63, 3.8) is 0 Å². The zero-order valence-corrected chi connectivity index (χ0v) is 10.2. The van der Waals surface area contributed by atoms with Gasteiger partial charge < -0.3 is 0 Å². The smallest absolute Gasteiger partial charge is 0.265 e. The second-order valence-corrected chi connectivity index (χ2v) is 4.24. The average Bonchev–Trinajstić information content (AvgIpc) is 2.29. The molecule has 0 unspecified atom stereocenters. The maximum absolute atomic E-state index is 11.7. The first-order chi connectivity index (χ1) is 8.02. The Labute approximate surface area is 99.8 Å². The lowest BCUT2D eigenvalue weighted by Crippen LogP contribution is -2.30. The quantitative estimate of drug-likeness (QED) is 0.445. The first kappa shape index (κ1) is 11.5. The summed E-state index contributed by atoms with van der Waals surface area (Å²) in [5.74, 6) is 4.90. The zero-order chi connectivity index (χ0) is 12.6. The van der Waals surface area contributed by atoms with Crippen molar-refractivity contribution in [2.75, 3.05) is 0 Å². The summed E-state index contributed by atoms with van der Waals surface area (Å²) in [4.78, 5) is 16.1.